The molecular weight excluding hydrogens is 400 g/mol. The third-order valence-corrected chi connectivity index (χ3v) is 8.85. The van der Waals surface area contributed by atoms with Crippen LogP contribution in [0.5, 0.6) is 0 Å². The third-order valence-electron chi connectivity index (χ3n) is 8.85. The highest BCUT2D eigenvalue weighted by Gasteiger charge is 2.38. The molecule has 0 aromatic heterocycles. The monoisotopic (exact) mass is 465 g/mol. The van der Waals surface area contributed by atoms with Crippen molar-refractivity contribution >= 4 is 0 Å². The molecule has 0 aromatic carbocycles. The van der Waals surface area contributed by atoms with E-state index in [2.05, 4.69) is 127 Å². The summed E-state index contributed by atoms with van der Waals surface area (Å²) in [5, 5.41) is 0. The van der Waals surface area contributed by atoms with Crippen LogP contribution in [0.15, 0.2) is 12.3 Å². The minimum atomic E-state index is 0.201. The molecule has 0 heterocycles. The molecule has 0 atom stereocenters. The highest BCUT2D eigenvalue weighted by atomic mass is 15.2. The van der Waals surface area contributed by atoms with Gasteiger partial charge in [-0.3, -0.25) is 4.90 Å². The largest absolute Gasteiger partial charge is 0.378 e. The van der Waals surface area contributed by atoms with Crippen molar-refractivity contribution in [3.8, 4) is 0 Å². The molecule has 0 aliphatic rings. The Labute approximate surface area is 211 Å². The highest BCUT2D eigenvalue weighted by Crippen LogP contribution is 2.48. The molecular formula is C31H64N2. The molecule has 0 saturated heterocycles. The molecule has 0 N–H and O–H groups in total. The fourth-order valence-corrected chi connectivity index (χ4v) is 5.01. The average molecular weight is 465 g/mol. The minimum Gasteiger partial charge on any atom is -0.378 e. The Kier molecular flexibility index (Phi) is 10.9. The Morgan fingerprint density at radius 1 is 0.667 bits per heavy atom. The van der Waals surface area contributed by atoms with Crippen molar-refractivity contribution in [1.29, 1.82) is 0 Å². The lowest BCUT2D eigenvalue weighted by atomic mass is 9.61. The van der Waals surface area contributed by atoms with Crippen molar-refractivity contribution in [1.82, 2.24) is 9.80 Å². The van der Waals surface area contributed by atoms with Crippen LogP contribution in [0, 0.1) is 21.7 Å². The van der Waals surface area contributed by atoms with E-state index < -0.39 is 0 Å². The van der Waals surface area contributed by atoms with Crippen molar-refractivity contribution in [2.24, 2.45) is 21.7 Å². The summed E-state index contributed by atoms with van der Waals surface area (Å²) in [6.45, 7) is 39.0. The van der Waals surface area contributed by atoms with E-state index in [0.29, 0.717) is 16.2 Å². The normalized spacial score (nSPS) is 14.7. The first kappa shape index (κ1) is 32.5. The number of hydrogen-bond donors (Lipinski definition) is 0. The first-order chi connectivity index (χ1) is 14.3. The molecule has 2 nitrogen and oxygen atoms in total. The summed E-state index contributed by atoms with van der Waals surface area (Å²) in [6, 6.07) is 0. The van der Waals surface area contributed by atoms with Crippen LogP contribution in [0.2, 0.25) is 0 Å². The second-order valence-corrected chi connectivity index (χ2v) is 15.9. The summed E-state index contributed by atoms with van der Waals surface area (Å²) in [5.74, 6) is 0. The van der Waals surface area contributed by atoms with E-state index in [1.807, 2.05) is 0 Å². The molecule has 0 aromatic rings. The molecule has 0 radical (unpaired) electrons. The fraction of sp³-hybridized carbons (Fsp3) is 0.935. The van der Waals surface area contributed by atoms with Crippen molar-refractivity contribution in [3.05, 3.63) is 12.3 Å². The van der Waals surface area contributed by atoms with Crippen LogP contribution < -0.4 is 0 Å². The molecule has 198 valence electrons. The lowest BCUT2D eigenvalue weighted by molar-refractivity contribution is 0.0405. The van der Waals surface area contributed by atoms with Crippen LogP contribution in [0.1, 0.15) is 135 Å². The van der Waals surface area contributed by atoms with Gasteiger partial charge in [-0.15, -0.1) is 0 Å². The van der Waals surface area contributed by atoms with Crippen LogP contribution in [-0.2, 0) is 0 Å². The topological polar surface area (TPSA) is 6.48 Å². The van der Waals surface area contributed by atoms with E-state index in [1.165, 1.54) is 37.8 Å². The predicted octanol–water partition coefficient (Wildman–Crippen LogP) is 9.41. The first-order valence-corrected chi connectivity index (χ1v) is 13.5. The van der Waals surface area contributed by atoms with Gasteiger partial charge < -0.3 is 4.90 Å². The predicted molar refractivity (Wildman–Crippen MR) is 152 cm³/mol. The van der Waals surface area contributed by atoms with E-state index in [0.717, 1.165) is 13.0 Å². The van der Waals surface area contributed by atoms with Gasteiger partial charge in [0.1, 0.15) is 0 Å². The molecule has 0 fully saturated rings. The average Bonchev–Trinajstić information content (AvgIpc) is 2.56. The van der Waals surface area contributed by atoms with Gasteiger partial charge in [-0.05, 0) is 102 Å². The van der Waals surface area contributed by atoms with E-state index in [-0.39, 0.29) is 16.5 Å². The van der Waals surface area contributed by atoms with Crippen LogP contribution in [-0.4, -0.2) is 41.5 Å². The summed E-state index contributed by atoms with van der Waals surface area (Å²) in [5.41, 5.74) is 2.93. The SMILES string of the molecule is C=C(CC(C)(C)CC(C)(C)C(C)(C)C)N(C)CCCC(C)(C)CCC(C)(C)N(C)C(C)(C)C. The number of rotatable bonds is 13. The van der Waals surface area contributed by atoms with Crippen LogP contribution in [0.4, 0.5) is 0 Å². The van der Waals surface area contributed by atoms with Gasteiger partial charge in [0, 0.05) is 30.4 Å². The Morgan fingerprint density at radius 3 is 1.58 bits per heavy atom. The molecule has 0 bridgehead atoms. The van der Waals surface area contributed by atoms with Gasteiger partial charge in [-0.1, -0.05) is 68.9 Å². The summed E-state index contributed by atoms with van der Waals surface area (Å²) >= 11 is 0. The molecule has 33 heavy (non-hydrogen) atoms. The molecule has 0 spiro atoms. The van der Waals surface area contributed by atoms with E-state index in [1.54, 1.807) is 0 Å². The first-order valence-electron chi connectivity index (χ1n) is 13.5. The zero-order valence-corrected chi connectivity index (χ0v) is 26.1. The van der Waals surface area contributed by atoms with Gasteiger partial charge >= 0.3 is 0 Å². The Morgan fingerprint density at radius 2 is 1.15 bits per heavy atom. The van der Waals surface area contributed by atoms with Gasteiger partial charge in [-0.2, -0.15) is 0 Å². The van der Waals surface area contributed by atoms with Crippen molar-refractivity contribution in [3.63, 3.8) is 0 Å². The van der Waals surface area contributed by atoms with E-state index >= 15 is 0 Å². The molecule has 0 aliphatic heterocycles. The van der Waals surface area contributed by atoms with Crippen molar-refractivity contribution in [2.75, 3.05) is 20.6 Å². The number of allylic oxidation sites excluding steroid dienone is 1. The highest BCUT2D eigenvalue weighted by molar-refractivity contribution is 4.99. The Bertz CT molecular complexity index is 608. The summed E-state index contributed by atoms with van der Waals surface area (Å²) in [6.07, 6.45) is 7.27. The zero-order valence-electron chi connectivity index (χ0n) is 26.1. The van der Waals surface area contributed by atoms with Gasteiger partial charge in [-0.25, -0.2) is 0 Å². The summed E-state index contributed by atoms with van der Waals surface area (Å²) < 4.78 is 0. The number of hydrogen-bond acceptors (Lipinski definition) is 2. The Hall–Kier alpha value is -0.500. The van der Waals surface area contributed by atoms with Crippen molar-refractivity contribution in [2.45, 2.75) is 147 Å². The molecule has 0 rings (SSSR count). The zero-order chi connectivity index (χ0) is 26.7. The second kappa shape index (κ2) is 11.0. The summed E-state index contributed by atoms with van der Waals surface area (Å²) in [4.78, 5) is 4.95. The minimum absolute atomic E-state index is 0.201. The van der Waals surface area contributed by atoms with Crippen molar-refractivity contribution < 1.29 is 0 Å². The molecule has 0 unspecified atom stereocenters. The lowest BCUT2D eigenvalue weighted by Crippen LogP contribution is -2.51. The van der Waals surface area contributed by atoms with Crippen LogP contribution >= 0.6 is 0 Å². The summed E-state index contributed by atoms with van der Waals surface area (Å²) in [7, 11) is 4.51. The standard InChI is InChI=1S/C31H64N2/c1-25(23-29(10,11)24-30(12,13)26(2,3)4)32(16)22-18-19-28(8,9)20-21-31(14,15)33(17)27(5,6)7/h1,18-24H2,2-17H3. The lowest BCUT2D eigenvalue weighted by Gasteiger charge is -2.46. The molecule has 2 heteroatoms. The van der Waals surface area contributed by atoms with Crippen LogP contribution in [0.3, 0.4) is 0 Å². The molecule has 0 aliphatic carbocycles. The molecule has 0 saturated carbocycles. The van der Waals surface area contributed by atoms with Gasteiger partial charge in [0.15, 0.2) is 0 Å². The maximum absolute atomic E-state index is 4.48. The maximum Gasteiger partial charge on any atom is 0.0171 e. The smallest absolute Gasteiger partial charge is 0.0171 e. The quantitative estimate of drug-likeness (QED) is 0.268. The van der Waals surface area contributed by atoms with Gasteiger partial charge in [0.05, 0.1) is 0 Å². The van der Waals surface area contributed by atoms with E-state index in [4.69, 9.17) is 0 Å². The molecule has 0 amide bonds. The van der Waals surface area contributed by atoms with Crippen LogP contribution in [0.25, 0.3) is 0 Å². The van der Waals surface area contributed by atoms with Gasteiger partial charge in [0.2, 0.25) is 0 Å². The maximum atomic E-state index is 4.48. The second-order valence-electron chi connectivity index (χ2n) is 15.9. The van der Waals surface area contributed by atoms with Gasteiger partial charge in [0.25, 0.3) is 0 Å². The van der Waals surface area contributed by atoms with E-state index in [9.17, 15) is 0 Å². The number of nitrogens with zero attached hydrogens (tertiary/aromatic N) is 2. The Balaban J connectivity index is 4.72. The fourth-order valence-electron chi connectivity index (χ4n) is 5.01. The third kappa shape index (κ3) is 11.2.